The van der Waals surface area contributed by atoms with E-state index < -0.39 is 0 Å². The van der Waals surface area contributed by atoms with Gasteiger partial charge in [-0.1, -0.05) is 58.4 Å². The molecular weight excluding hydrogens is 260 g/mol. The molecule has 0 aliphatic heterocycles. The third-order valence-corrected chi connectivity index (χ3v) is 3.73. The Morgan fingerprint density at radius 1 is 0.875 bits per heavy atom. The van der Waals surface area contributed by atoms with Crippen molar-refractivity contribution < 1.29 is 0 Å². The zero-order valence-corrected chi connectivity index (χ0v) is 11.2. The second kappa shape index (κ2) is 4.84. The minimum Gasteiger partial charge on any atom is -0.0876 e. The molecule has 1 heteroatoms. The van der Waals surface area contributed by atoms with E-state index in [4.69, 9.17) is 0 Å². The van der Waals surface area contributed by atoms with Crippen molar-refractivity contribution in [2.75, 3.05) is 0 Å². The molecular formula is C15H15Br. The normalized spacial score (nSPS) is 10.4. The van der Waals surface area contributed by atoms with Crippen molar-refractivity contribution in [1.82, 2.24) is 0 Å². The SMILES string of the molecule is Cc1c(CBr)ccc(-c2ccccc2)c1C. The van der Waals surface area contributed by atoms with Crippen LogP contribution < -0.4 is 0 Å². The molecule has 16 heavy (non-hydrogen) atoms. The van der Waals surface area contributed by atoms with Crippen LogP contribution in [0.5, 0.6) is 0 Å². The van der Waals surface area contributed by atoms with Crippen molar-refractivity contribution in [1.29, 1.82) is 0 Å². The fourth-order valence-corrected chi connectivity index (χ4v) is 2.56. The summed E-state index contributed by atoms with van der Waals surface area (Å²) in [6.07, 6.45) is 0. The van der Waals surface area contributed by atoms with Crippen LogP contribution in [0.1, 0.15) is 16.7 Å². The van der Waals surface area contributed by atoms with Crippen LogP contribution in [0.3, 0.4) is 0 Å². The molecule has 0 heterocycles. The Bertz CT molecular complexity index is 486. The first-order chi connectivity index (χ1) is 7.74. The standard InChI is InChI=1S/C15H15Br/c1-11-12(2)15(9-8-14(11)10-16)13-6-4-3-5-7-13/h3-9H,10H2,1-2H3. The highest BCUT2D eigenvalue weighted by Gasteiger charge is 2.06. The van der Waals surface area contributed by atoms with Gasteiger partial charge >= 0.3 is 0 Å². The highest BCUT2D eigenvalue weighted by molar-refractivity contribution is 9.08. The summed E-state index contributed by atoms with van der Waals surface area (Å²) in [5.74, 6) is 0. The number of halogens is 1. The third-order valence-electron chi connectivity index (χ3n) is 3.13. The van der Waals surface area contributed by atoms with Crippen molar-refractivity contribution in [3.05, 3.63) is 59.2 Å². The Labute approximate surface area is 105 Å². The average molecular weight is 275 g/mol. The Morgan fingerprint density at radius 3 is 2.19 bits per heavy atom. The molecule has 0 unspecified atom stereocenters. The lowest BCUT2D eigenvalue weighted by Crippen LogP contribution is -1.92. The molecule has 0 aromatic heterocycles. The van der Waals surface area contributed by atoms with Gasteiger partial charge in [0.2, 0.25) is 0 Å². The van der Waals surface area contributed by atoms with E-state index in [0.717, 1.165) is 5.33 Å². The van der Waals surface area contributed by atoms with E-state index in [1.54, 1.807) is 0 Å². The maximum atomic E-state index is 3.52. The van der Waals surface area contributed by atoms with Crippen LogP contribution in [0.25, 0.3) is 11.1 Å². The van der Waals surface area contributed by atoms with Gasteiger partial charge < -0.3 is 0 Å². The van der Waals surface area contributed by atoms with Crippen LogP contribution in [-0.4, -0.2) is 0 Å². The van der Waals surface area contributed by atoms with Crippen molar-refractivity contribution in [2.24, 2.45) is 0 Å². The van der Waals surface area contributed by atoms with Crippen LogP contribution >= 0.6 is 15.9 Å². The molecule has 0 nitrogen and oxygen atoms in total. The van der Waals surface area contributed by atoms with Crippen molar-refractivity contribution in [3.8, 4) is 11.1 Å². The van der Waals surface area contributed by atoms with Crippen LogP contribution in [0, 0.1) is 13.8 Å². The van der Waals surface area contributed by atoms with Gasteiger partial charge in [0.05, 0.1) is 0 Å². The summed E-state index contributed by atoms with van der Waals surface area (Å²) < 4.78 is 0. The molecule has 0 fully saturated rings. The molecule has 0 atom stereocenters. The summed E-state index contributed by atoms with van der Waals surface area (Å²) >= 11 is 3.52. The molecule has 0 amide bonds. The summed E-state index contributed by atoms with van der Waals surface area (Å²) in [5, 5.41) is 0.925. The average Bonchev–Trinajstić information content (AvgIpc) is 2.34. The molecule has 0 bridgehead atoms. The molecule has 0 saturated heterocycles. The van der Waals surface area contributed by atoms with Crippen molar-refractivity contribution in [2.45, 2.75) is 19.2 Å². The molecule has 0 radical (unpaired) electrons. The van der Waals surface area contributed by atoms with Crippen molar-refractivity contribution >= 4 is 15.9 Å². The zero-order chi connectivity index (χ0) is 11.5. The quantitative estimate of drug-likeness (QED) is 0.686. The molecule has 2 aromatic rings. The molecule has 0 spiro atoms. The maximum Gasteiger partial charge on any atom is 0.0285 e. The van der Waals surface area contributed by atoms with Crippen molar-refractivity contribution in [3.63, 3.8) is 0 Å². The van der Waals surface area contributed by atoms with Crippen LogP contribution in [0.2, 0.25) is 0 Å². The highest BCUT2D eigenvalue weighted by Crippen LogP contribution is 2.28. The topological polar surface area (TPSA) is 0 Å². The Hall–Kier alpha value is -1.08. The Kier molecular flexibility index (Phi) is 3.45. The van der Waals surface area contributed by atoms with Crippen LogP contribution in [-0.2, 0) is 5.33 Å². The van der Waals surface area contributed by atoms with E-state index in [2.05, 4.69) is 72.2 Å². The fraction of sp³-hybridized carbons (Fsp3) is 0.200. The van der Waals surface area contributed by atoms with Gasteiger partial charge in [0.15, 0.2) is 0 Å². The molecule has 0 N–H and O–H groups in total. The first-order valence-corrected chi connectivity index (χ1v) is 6.56. The smallest absolute Gasteiger partial charge is 0.0285 e. The molecule has 0 aliphatic carbocycles. The Morgan fingerprint density at radius 2 is 1.56 bits per heavy atom. The van der Waals surface area contributed by atoms with E-state index in [0.29, 0.717) is 0 Å². The maximum absolute atomic E-state index is 3.52. The van der Waals surface area contributed by atoms with Gasteiger partial charge in [0, 0.05) is 5.33 Å². The molecule has 2 aromatic carbocycles. The largest absolute Gasteiger partial charge is 0.0876 e. The van der Waals surface area contributed by atoms with E-state index in [1.165, 1.54) is 27.8 Å². The van der Waals surface area contributed by atoms with Gasteiger partial charge in [-0.05, 0) is 41.7 Å². The van der Waals surface area contributed by atoms with Gasteiger partial charge in [-0.15, -0.1) is 0 Å². The molecule has 2 rings (SSSR count). The molecule has 0 aliphatic rings. The lowest BCUT2D eigenvalue weighted by atomic mass is 9.94. The summed E-state index contributed by atoms with van der Waals surface area (Å²) in [6, 6.07) is 15.0. The van der Waals surface area contributed by atoms with Gasteiger partial charge in [-0.25, -0.2) is 0 Å². The first kappa shape index (κ1) is 11.4. The number of alkyl halides is 1. The van der Waals surface area contributed by atoms with Crippen LogP contribution in [0.15, 0.2) is 42.5 Å². The summed E-state index contributed by atoms with van der Waals surface area (Å²) in [5.41, 5.74) is 6.77. The highest BCUT2D eigenvalue weighted by atomic mass is 79.9. The number of hydrogen-bond acceptors (Lipinski definition) is 0. The lowest BCUT2D eigenvalue weighted by molar-refractivity contribution is 1.25. The van der Waals surface area contributed by atoms with E-state index >= 15 is 0 Å². The minimum atomic E-state index is 0.925. The number of rotatable bonds is 2. The zero-order valence-electron chi connectivity index (χ0n) is 9.63. The lowest BCUT2D eigenvalue weighted by Gasteiger charge is -2.12. The third kappa shape index (κ3) is 2.05. The predicted octanol–water partition coefficient (Wildman–Crippen LogP) is 4.87. The fourth-order valence-electron chi connectivity index (χ4n) is 1.95. The number of benzene rings is 2. The predicted molar refractivity (Wildman–Crippen MR) is 74.0 cm³/mol. The van der Waals surface area contributed by atoms with Gasteiger partial charge in [0.25, 0.3) is 0 Å². The monoisotopic (exact) mass is 274 g/mol. The van der Waals surface area contributed by atoms with Gasteiger partial charge in [0.1, 0.15) is 0 Å². The van der Waals surface area contributed by atoms with Crippen LogP contribution in [0.4, 0.5) is 0 Å². The molecule has 0 saturated carbocycles. The minimum absolute atomic E-state index is 0.925. The molecule has 82 valence electrons. The summed E-state index contributed by atoms with van der Waals surface area (Å²) in [4.78, 5) is 0. The second-order valence-corrected chi connectivity index (χ2v) is 4.58. The second-order valence-electron chi connectivity index (χ2n) is 4.02. The van der Waals surface area contributed by atoms with Gasteiger partial charge in [-0.3, -0.25) is 0 Å². The van der Waals surface area contributed by atoms with E-state index in [9.17, 15) is 0 Å². The summed E-state index contributed by atoms with van der Waals surface area (Å²) in [6.45, 7) is 4.39. The number of hydrogen-bond donors (Lipinski definition) is 0. The van der Waals surface area contributed by atoms with E-state index in [1.807, 2.05) is 0 Å². The van der Waals surface area contributed by atoms with Gasteiger partial charge in [-0.2, -0.15) is 0 Å². The van der Waals surface area contributed by atoms with E-state index in [-0.39, 0.29) is 0 Å². The first-order valence-electron chi connectivity index (χ1n) is 5.44. The Balaban J connectivity index is 2.56. The summed E-state index contributed by atoms with van der Waals surface area (Å²) in [7, 11) is 0.